The van der Waals surface area contributed by atoms with E-state index in [4.69, 9.17) is 0 Å². The lowest BCUT2D eigenvalue weighted by molar-refractivity contribution is -0.142. The molecule has 37 heavy (non-hydrogen) atoms. The molecule has 2 aromatic rings. The van der Waals surface area contributed by atoms with Gasteiger partial charge in [-0.25, -0.2) is 9.50 Å². The van der Waals surface area contributed by atoms with E-state index in [0.717, 1.165) is 25.4 Å². The zero-order valence-electron chi connectivity index (χ0n) is 23.5. The first-order chi connectivity index (χ1) is 17.6. The Balaban J connectivity index is -0.000000746. The first-order valence-corrected chi connectivity index (χ1v) is 13.3. The summed E-state index contributed by atoms with van der Waals surface area (Å²) < 4.78 is 40.8. The first-order valence-electron chi connectivity index (χ1n) is 12.0. The fourth-order valence-electron chi connectivity index (χ4n) is 2.32. The minimum absolute atomic E-state index is 0.0109. The highest BCUT2D eigenvalue weighted by atomic mass is 32.2. The van der Waals surface area contributed by atoms with Crippen molar-refractivity contribution in [3.8, 4) is 0 Å². The van der Waals surface area contributed by atoms with E-state index in [0.29, 0.717) is 16.0 Å². The molecule has 6 nitrogen and oxygen atoms in total. The number of halogens is 3. The van der Waals surface area contributed by atoms with Gasteiger partial charge < -0.3 is 10.6 Å². The number of hydrogen-bond donors (Lipinski definition) is 2. The van der Waals surface area contributed by atoms with Gasteiger partial charge in [0.05, 0.1) is 11.9 Å². The van der Waals surface area contributed by atoms with Gasteiger partial charge in [0.2, 0.25) is 0 Å². The van der Waals surface area contributed by atoms with Crippen molar-refractivity contribution in [3.63, 3.8) is 0 Å². The summed E-state index contributed by atoms with van der Waals surface area (Å²) >= 11 is 1.23. The summed E-state index contributed by atoms with van der Waals surface area (Å²) in [5.41, 5.74) is -1.05. The van der Waals surface area contributed by atoms with Crippen LogP contribution in [0.4, 0.5) is 13.2 Å². The van der Waals surface area contributed by atoms with Gasteiger partial charge in [-0.3, -0.25) is 4.79 Å². The number of allylic oxidation sites excluding steroid dienone is 4. The summed E-state index contributed by atoms with van der Waals surface area (Å²) in [7, 11) is 0. The number of carbonyl (C=O) groups excluding carboxylic acids is 1. The van der Waals surface area contributed by atoms with Gasteiger partial charge in [0, 0.05) is 11.4 Å². The maximum absolute atomic E-state index is 13.4. The van der Waals surface area contributed by atoms with Crippen LogP contribution in [-0.4, -0.2) is 46.4 Å². The molecule has 0 unspecified atom stereocenters. The number of nitrogens with zero attached hydrogens (tertiary/aromatic N) is 3. The fourth-order valence-corrected chi connectivity index (χ4v) is 2.87. The van der Waals surface area contributed by atoms with Gasteiger partial charge in [-0.1, -0.05) is 52.5 Å². The van der Waals surface area contributed by atoms with Crippen molar-refractivity contribution < 1.29 is 18.0 Å². The number of rotatable bonds is 7. The summed E-state index contributed by atoms with van der Waals surface area (Å²) in [6.45, 7) is 26.5. The van der Waals surface area contributed by atoms with E-state index in [-0.39, 0.29) is 16.9 Å². The van der Waals surface area contributed by atoms with E-state index < -0.39 is 17.8 Å². The largest absolute Gasteiger partial charge is 0.433 e. The maximum Gasteiger partial charge on any atom is 0.433 e. The molecule has 0 radical (unpaired) electrons. The number of fused-ring (bicyclic) bond motifs is 1. The second-order valence-corrected chi connectivity index (χ2v) is 7.27. The summed E-state index contributed by atoms with van der Waals surface area (Å²) in [6, 6.07) is 0.910. The number of alkyl halides is 3. The van der Waals surface area contributed by atoms with Gasteiger partial charge >= 0.3 is 6.18 Å². The molecule has 2 aromatic heterocycles. The quantitative estimate of drug-likeness (QED) is 0.281. The Morgan fingerprint density at radius 3 is 1.95 bits per heavy atom. The Kier molecular flexibility index (Phi) is 24.6. The molecule has 0 aliphatic rings. The van der Waals surface area contributed by atoms with Crippen LogP contribution in [0.2, 0.25) is 0 Å². The van der Waals surface area contributed by atoms with Crippen molar-refractivity contribution in [3.05, 3.63) is 73.3 Å². The standard InChI is InChI=1S/C15H15F3N4OS.C4H11N.2C3H6.C2H6/c1-4-6-11(24-3)10-7-12(15(16,17)18)22-13(21-10)9(8-20-22)14(23)19-5-2;1-3-5-4-2;2*1-3-2;1-2/h4,6-8H,1,5H2,2-3H3,(H,19,23);5H,3-4H2,1-2H3;2*3H,1H2,2H3;1-2H3/b11-6-;;;;. The average Bonchev–Trinajstić information content (AvgIpc) is 3.29. The van der Waals surface area contributed by atoms with Gasteiger partial charge in [0.25, 0.3) is 5.91 Å². The van der Waals surface area contributed by atoms with Crippen LogP contribution in [0.25, 0.3) is 10.6 Å². The topological polar surface area (TPSA) is 71.3 Å². The van der Waals surface area contributed by atoms with Crippen molar-refractivity contribution in [1.82, 2.24) is 25.2 Å². The Labute approximate surface area is 225 Å². The minimum atomic E-state index is -4.64. The van der Waals surface area contributed by atoms with Gasteiger partial charge in [-0.05, 0) is 52.3 Å². The number of aromatic nitrogens is 3. The zero-order chi connectivity index (χ0) is 29.4. The number of carbonyl (C=O) groups is 1. The minimum Gasteiger partial charge on any atom is -0.352 e. The number of nitrogens with one attached hydrogen (secondary N) is 2. The molecule has 0 atom stereocenters. The molecule has 2 N–H and O–H groups in total. The predicted molar refractivity (Wildman–Crippen MR) is 155 cm³/mol. The average molecular weight is 544 g/mol. The van der Waals surface area contributed by atoms with Crippen molar-refractivity contribution in [2.24, 2.45) is 0 Å². The molecule has 10 heteroatoms. The van der Waals surface area contributed by atoms with Crippen LogP contribution in [0, 0.1) is 0 Å². The van der Waals surface area contributed by atoms with Crippen LogP contribution in [0.5, 0.6) is 0 Å². The van der Waals surface area contributed by atoms with Crippen molar-refractivity contribution in [1.29, 1.82) is 0 Å². The van der Waals surface area contributed by atoms with Crippen molar-refractivity contribution >= 4 is 28.2 Å². The van der Waals surface area contributed by atoms with Crippen LogP contribution in [-0.2, 0) is 6.18 Å². The molecule has 210 valence electrons. The molecule has 0 fully saturated rings. The Bertz CT molecular complexity index is 945. The third kappa shape index (κ3) is 15.1. The lowest BCUT2D eigenvalue weighted by Crippen LogP contribution is -2.23. The highest BCUT2D eigenvalue weighted by Gasteiger charge is 2.36. The Morgan fingerprint density at radius 1 is 1.08 bits per heavy atom. The Morgan fingerprint density at radius 2 is 1.59 bits per heavy atom. The monoisotopic (exact) mass is 543 g/mol. The third-order valence-electron chi connectivity index (χ3n) is 3.59. The summed E-state index contributed by atoms with van der Waals surface area (Å²) in [6.07, 6.45) is 4.69. The van der Waals surface area contributed by atoms with Crippen molar-refractivity contribution in [2.45, 2.75) is 54.6 Å². The smallest absolute Gasteiger partial charge is 0.352 e. The summed E-state index contributed by atoms with van der Waals surface area (Å²) in [4.78, 5) is 16.7. The van der Waals surface area contributed by atoms with E-state index in [9.17, 15) is 18.0 Å². The van der Waals surface area contributed by atoms with E-state index in [1.165, 1.54) is 17.8 Å². The van der Waals surface area contributed by atoms with Gasteiger partial charge in [-0.15, -0.1) is 24.9 Å². The predicted octanol–water partition coefficient (Wildman–Crippen LogP) is 7.41. The molecule has 2 heterocycles. The van der Waals surface area contributed by atoms with Crippen LogP contribution in [0.15, 0.2) is 56.3 Å². The van der Waals surface area contributed by atoms with Gasteiger partial charge in [0.15, 0.2) is 11.3 Å². The number of thioether (sulfide) groups is 1. The van der Waals surface area contributed by atoms with Crippen LogP contribution in [0.1, 0.15) is 70.2 Å². The second kappa shape index (κ2) is 23.5. The highest BCUT2D eigenvalue weighted by molar-refractivity contribution is 8.07. The third-order valence-corrected chi connectivity index (χ3v) is 4.37. The van der Waals surface area contributed by atoms with Gasteiger partial charge in [0.1, 0.15) is 5.56 Å². The number of hydrogen-bond acceptors (Lipinski definition) is 5. The summed E-state index contributed by atoms with van der Waals surface area (Å²) in [5, 5.41) is 9.34. The molecule has 0 spiro atoms. The lowest BCUT2D eigenvalue weighted by Gasteiger charge is -2.12. The van der Waals surface area contributed by atoms with E-state index >= 15 is 0 Å². The van der Waals surface area contributed by atoms with E-state index in [1.807, 2.05) is 27.7 Å². The molecule has 0 saturated heterocycles. The fraction of sp³-hybridized carbons (Fsp3) is 0.444. The molecular formula is C27H44F3N5OS. The molecule has 0 bridgehead atoms. The normalized spacial score (nSPS) is 10.1. The van der Waals surface area contributed by atoms with E-state index in [2.05, 4.69) is 54.3 Å². The highest BCUT2D eigenvalue weighted by Crippen LogP contribution is 2.33. The second-order valence-electron chi connectivity index (χ2n) is 6.42. The molecule has 1 amide bonds. The van der Waals surface area contributed by atoms with Gasteiger partial charge in [-0.2, -0.15) is 18.3 Å². The molecule has 0 aliphatic heterocycles. The van der Waals surface area contributed by atoms with E-state index in [1.54, 1.807) is 31.4 Å². The zero-order valence-corrected chi connectivity index (χ0v) is 24.3. The maximum atomic E-state index is 13.4. The van der Waals surface area contributed by atoms with Crippen LogP contribution in [0.3, 0.4) is 0 Å². The first kappa shape index (κ1) is 38.7. The molecular weight excluding hydrogens is 499 g/mol. The van der Waals surface area contributed by atoms with Crippen LogP contribution < -0.4 is 10.6 Å². The SMILES string of the molecule is C=C/C=C(\SC)c1cc(C(F)(F)F)n2ncc(C(=O)NCC)c2n1.C=CC.C=CC.CC.CCNCC. The van der Waals surface area contributed by atoms with Crippen molar-refractivity contribution in [2.75, 3.05) is 25.9 Å². The lowest BCUT2D eigenvalue weighted by atomic mass is 10.2. The molecule has 2 rings (SSSR count). The van der Waals surface area contributed by atoms with Crippen LogP contribution >= 0.6 is 11.8 Å². The molecule has 0 saturated carbocycles. The summed E-state index contributed by atoms with van der Waals surface area (Å²) in [5.74, 6) is -0.524. The molecule has 0 aromatic carbocycles. The molecule has 0 aliphatic carbocycles. The number of amides is 1. The Hall–Kier alpha value is -2.85.